The number of hydrogen-bond acceptors (Lipinski definition) is 4. The summed E-state index contributed by atoms with van der Waals surface area (Å²) in [5.74, 6) is -1.71. The zero-order chi connectivity index (χ0) is 27.6. The number of nitrogens with one attached hydrogen (secondary N) is 3. The summed E-state index contributed by atoms with van der Waals surface area (Å²) in [5, 5.41) is 8.10. The van der Waals surface area contributed by atoms with E-state index in [2.05, 4.69) is 16.0 Å². The molecule has 0 saturated carbocycles. The molecule has 39 heavy (non-hydrogen) atoms. The van der Waals surface area contributed by atoms with E-state index < -0.39 is 17.6 Å². The van der Waals surface area contributed by atoms with Crippen LogP contribution >= 0.6 is 11.8 Å². The molecule has 6 nitrogen and oxygen atoms in total. The predicted molar refractivity (Wildman–Crippen MR) is 154 cm³/mol. The third kappa shape index (κ3) is 8.15. The number of aryl methyl sites for hydroxylation is 1. The normalized spacial score (nSPS) is 11.0. The Labute approximate surface area is 230 Å². The van der Waals surface area contributed by atoms with Crippen LogP contribution in [0, 0.1) is 12.7 Å². The Hall–Kier alpha value is -4.69. The average molecular weight is 540 g/mol. The van der Waals surface area contributed by atoms with E-state index in [1.807, 2.05) is 37.3 Å². The molecule has 4 aromatic carbocycles. The lowest BCUT2D eigenvalue weighted by Crippen LogP contribution is -2.30. The van der Waals surface area contributed by atoms with Gasteiger partial charge in [0.1, 0.15) is 11.5 Å². The molecule has 0 aromatic heterocycles. The minimum atomic E-state index is -0.505. The maximum Gasteiger partial charge on any atom is 0.272 e. The molecule has 0 aliphatic carbocycles. The highest BCUT2D eigenvalue weighted by Gasteiger charge is 2.16. The summed E-state index contributed by atoms with van der Waals surface area (Å²) in [6.07, 6.45) is 1.62. The first-order valence-electron chi connectivity index (χ1n) is 12.1. The van der Waals surface area contributed by atoms with E-state index in [9.17, 15) is 18.8 Å². The Morgan fingerprint density at radius 2 is 1.56 bits per heavy atom. The molecule has 8 heteroatoms. The first-order chi connectivity index (χ1) is 18.9. The van der Waals surface area contributed by atoms with Crippen molar-refractivity contribution in [2.45, 2.75) is 11.8 Å². The van der Waals surface area contributed by atoms with Gasteiger partial charge in [0.05, 0.1) is 11.4 Å². The number of carbonyl (C=O) groups is 3. The number of amides is 3. The third-order valence-electron chi connectivity index (χ3n) is 5.49. The van der Waals surface area contributed by atoms with Crippen LogP contribution in [0.1, 0.15) is 21.5 Å². The molecular formula is C31H26FN3O3S. The fraction of sp³-hybridized carbons (Fsp3) is 0.0645. The van der Waals surface area contributed by atoms with Gasteiger partial charge in [-0.15, -0.1) is 11.8 Å². The molecule has 0 heterocycles. The van der Waals surface area contributed by atoms with Gasteiger partial charge < -0.3 is 16.0 Å². The molecule has 3 amide bonds. The highest BCUT2D eigenvalue weighted by Crippen LogP contribution is 2.23. The molecule has 0 unspecified atom stereocenters. The number of carbonyl (C=O) groups excluding carboxylic acids is 3. The van der Waals surface area contributed by atoms with E-state index >= 15 is 0 Å². The molecule has 0 bridgehead atoms. The van der Waals surface area contributed by atoms with Gasteiger partial charge in [0.2, 0.25) is 5.91 Å². The molecular weight excluding hydrogens is 513 g/mol. The molecule has 0 aliphatic rings. The van der Waals surface area contributed by atoms with Crippen molar-refractivity contribution < 1.29 is 18.8 Å². The Morgan fingerprint density at radius 1 is 0.821 bits per heavy atom. The maximum absolute atomic E-state index is 13.8. The van der Waals surface area contributed by atoms with Crippen molar-refractivity contribution in [1.82, 2.24) is 5.32 Å². The number of benzene rings is 4. The first kappa shape index (κ1) is 27.3. The number of rotatable bonds is 9. The van der Waals surface area contributed by atoms with Crippen molar-refractivity contribution in [2.75, 3.05) is 16.4 Å². The van der Waals surface area contributed by atoms with Crippen molar-refractivity contribution in [3.63, 3.8) is 0 Å². The van der Waals surface area contributed by atoms with E-state index in [1.165, 1.54) is 23.9 Å². The lowest BCUT2D eigenvalue weighted by Gasteiger charge is -2.12. The van der Waals surface area contributed by atoms with Crippen LogP contribution in [0.4, 0.5) is 15.8 Å². The van der Waals surface area contributed by atoms with E-state index in [-0.39, 0.29) is 23.0 Å². The highest BCUT2D eigenvalue weighted by molar-refractivity contribution is 8.00. The Morgan fingerprint density at radius 3 is 2.33 bits per heavy atom. The minimum absolute atomic E-state index is 0.0530. The summed E-state index contributed by atoms with van der Waals surface area (Å²) in [6.45, 7) is 1.94. The summed E-state index contributed by atoms with van der Waals surface area (Å²) >= 11 is 1.25. The Kier molecular flexibility index (Phi) is 9.26. The van der Waals surface area contributed by atoms with Crippen molar-refractivity contribution in [2.24, 2.45) is 0 Å². The van der Waals surface area contributed by atoms with Gasteiger partial charge in [-0.1, -0.05) is 66.2 Å². The molecule has 0 fully saturated rings. The SMILES string of the molecule is Cc1cccc(/C=C(/NC(=O)c2ccccc2)C(=O)Nc2cccc(SCC(=O)Nc3ccccc3F)c2)c1. The lowest BCUT2D eigenvalue weighted by atomic mass is 10.1. The standard InChI is InChI=1S/C31H26FN3O3S/c1-21-9-7-10-22(17-21)18-28(35-30(37)23-11-3-2-4-12-23)31(38)33-24-13-8-14-25(19-24)39-20-29(36)34-27-16-6-5-15-26(27)32/h2-19H,20H2,1H3,(H,33,38)(H,34,36)(H,35,37)/b28-18+. The summed E-state index contributed by atoms with van der Waals surface area (Å²) in [5.41, 5.74) is 2.89. The number of anilines is 2. The van der Waals surface area contributed by atoms with E-state index in [0.29, 0.717) is 11.3 Å². The average Bonchev–Trinajstić information content (AvgIpc) is 2.93. The van der Waals surface area contributed by atoms with Gasteiger partial charge in [-0.05, 0) is 61.0 Å². The number of halogens is 1. The van der Waals surface area contributed by atoms with Gasteiger partial charge in [0.15, 0.2) is 0 Å². The zero-order valence-corrected chi connectivity index (χ0v) is 21.9. The summed E-state index contributed by atoms with van der Waals surface area (Å²) in [7, 11) is 0. The van der Waals surface area contributed by atoms with Gasteiger partial charge in [-0.25, -0.2) is 4.39 Å². The van der Waals surface area contributed by atoms with Crippen LogP contribution in [0.2, 0.25) is 0 Å². The quantitative estimate of drug-likeness (QED) is 0.173. The predicted octanol–water partition coefficient (Wildman–Crippen LogP) is 6.27. The maximum atomic E-state index is 13.8. The fourth-order valence-corrected chi connectivity index (χ4v) is 4.38. The van der Waals surface area contributed by atoms with Crippen LogP contribution in [0.3, 0.4) is 0 Å². The smallest absolute Gasteiger partial charge is 0.272 e. The van der Waals surface area contributed by atoms with Gasteiger partial charge in [-0.3, -0.25) is 14.4 Å². The first-order valence-corrected chi connectivity index (χ1v) is 13.1. The molecule has 0 saturated heterocycles. The van der Waals surface area contributed by atoms with Crippen LogP contribution in [0.15, 0.2) is 114 Å². The largest absolute Gasteiger partial charge is 0.323 e. The summed E-state index contributed by atoms with van der Waals surface area (Å²) < 4.78 is 13.8. The second-order valence-corrected chi connectivity index (χ2v) is 9.64. The van der Waals surface area contributed by atoms with Crippen LogP contribution in [-0.2, 0) is 9.59 Å². The molecule has 0 aliphatic heterocycles. The molecule has 196 valence electrons. The second-order valence-electron chi connectivity index (χ2n) is 8.59. The van der Waals surface area contributed by atoms with Crippen LogP contribution in [0.25, 0.3) is 6.08 Å². The van der Waals surface area contributed by atoms with E-state index in [0.717, 1.165) is 16.0 Å². The van der Waals surface area contributed by atoms with Crippen molar-refractivity contribution in [3.05, 3.63) is 131 Å². The second kappa shape index (κ2) is 13.2. The lowest BCUT2D eigenvalue weighted by molar-refractivity contribution is -0.114. The van der Waals surface area contributed by atoms with Gasteiger partial charge in [0.25, 0.3) is 11.8 Å². The van der Waals surface area contributed by atoms with Crippen molar-refractivity contribution >= 4 is 46.9 Å². The fourth-order valence-electron chi connectivity index (χ4n) is 3.63. The summed E-state index contributed by atoms with van der Waals surface area (Å²) in [6, 6.07) is 29.2. The molecule has 4 rings (SSSR count). The topological polar surface area (TPSA) is 87.3 Å². The molecule has 3 N–H and O–H groups in total. The summed E-state index contributed by atoms with van der Waals surface area (Å²) in [4.78, 5) is 39.1. The van der Waals surface area contributed by atoms with Gasteiger partial charge >= 0.3 is 0 Å². The number of thioether (sulfide) groups is 1. The molecule has 4 aromatic rings. The molecule has 0 atom stereocenters. The molecule has 0 radical (unpaired) electrons. The Balaban J connectivity index is 1.46. The Bertz CT molecular complexity index is 1520. The third-order valence-corrected chi connectivity index (χ3v) is 6.49. The number of hydrogen-bond donors (Lipinski definition) is 3. The van der Waals surface area contributed by atoms with Crippen LogP contribution < -0.4 is 16.0 Å². The van der Waals surface area contributed by atoms with Crippen molar-refractivity contribution in [1.29, 1.82) is 0 Å². The molecule has 0 spiro atoms. The minimum Gasteiger partial charge on any atom is -0.323 e. The van der Waals surface area contributed by atoms with E-state index in [1.54, 1.807) is 66.7 Å². The van der Waals surface area contributed by atoms with Crippen molar-refractivity contribution in [3.8, 4) is 0 Å². The van der Waals surface area contributed by atoms with Crippen LogP contribution in [0.5, 0.6) is 0 Å². The highest BCUT2D eigenvalue weighted by atomic mass is 32.2. The number of para-hydroxylation sites is 1. The van der Waals surface area contributed by atoms with Gasteiger partial charge in [0, 0.05) is 16.1 Å². The zero-order valence-electron chi connectivity index (χ0n) is 21.1. The van der Waals surface area contributed by atoms with Gasteiger partial charge in [-0.2, -0.15) is 0 Å². The monoisotopic (exact) mass is 539 g/mol. The van der Waals surface area contributed by atoms with E-state index in [4.69, 9.17) is 0 Å². The van der Waals surface area contributed by atoms with Crippen LogP contribution in [-0.4, -0.2) is 23.5 Å².